The first kappa shape index (κ1) is 22.0. The first-order chi connectivity index (χ1) is 15.4. The van der Waals surface area contributed by atoms with Gasteiger partial charge in [-0.3, -0.25) is 14.4 Å². The fraction of sp³-hybridized carbons (Fsp3) is 0.0435. The Bertz CT molecular complexity index is 1330. The van der Waals surface area contributed by atoms with Crippen molar-refractivity contribution in [2.24, 2.45) is 0 Å². The summed E-state index contributed by atoms with van der Waals surface area (Å²) in [5, 5.41) is 5.15. The van der Waals surface area contributed by atoms with Gasteiger partial charge in [-0.1, -0.05) is 60.1 Å². The minimum atomic E-state index is -4.04. The quantitative estimate of drug-likeness (QED) is 0.379. The molecule has 6 nitrogen and oxygen atoms in total. The zero-order valence-corrected chi connectivity index (χ0v) is 19.1. The Hall–Kier alpha value is -3.20. The predicted octanol–water partition coefficient (Wildman–Crippen LogP) is 5.44. The van der Waals surface area contributed by atoms with E-state index in [1.165, 1.54) is 33.8 Å². The van der Waals surface area contributed by atoms with Crippen molar-refractivity contribution in [3.63, 3.8) is 0 Å². The van der Waals surface area contributed by atoms with Gasteiger partial charge in [-0.05, 0) is 35.9 Å². The zero-order valence-electron chi connectivity index (χ0n) is 16.7. The lowest BCUT2D eigenvalue weighted by molar-refractivity contribution is 0.102. The van der Waals surface area contributed by atoms with Crippen LogP contribution in [0.3, 0.4) is 0 Å². The molecule has 4 aromatic rings. The van der Waals surface area contributed by atoms with E-state index in [0.717, 1.165) is 5.56 Å². The van der Waals surface area contributed by atoms with Crippen LogP contribution in [0.15, 0.2) is 95.3 Å². The van der Waals surface area contributed by atoms with Gasteiger partial charge in [0.05, 0.1) is 22.2 Å². The number of hydrogen-bond donors (Lipinski definition) is 1. The van der Waals surface area contributed by atoms with Crippen LogP contribution in [0.1, 0.15) is 15.9 Å². The molecular formula is C23H18ClN3O3S2. The van der Waals surface area contributed by atoms with E-state index in [-0.39, 0.29) is 17.0 Å². The number of benzene rings is 3. The lowest BCUT2D eigenvalue weighted by Gasteiger charge is -2.25. The van der Waals surface area contributed by atoms with Gasteiger partial charge in [0.2, 0.25) is 0 Å². The molecule has 0 fully saturated rings. The van der Waals surface area contributed by atoms with Gasteiger partial charge < -0.3 is 0 Å². The third kappa shape index (κ3) is 4.83. The third-order valence-electron chi connectivity index (χ3n) is 4.63. The molecule has 1 amide bonds. The molecule has 0 bridgehead atoms. The Balaban J connectivity index is 1.72. The van der Waals surface area contributed by atoms with E-state index in [2.05, 4.69) is 10.3 Å². The van der Waals surface area contributed by atoms with Crippen molar-refractivity contribution in [1.29, 1.82) is 0 Å². The Morgan fingerprint density at radius 3 is 2.47 bits per heavy atom. The fourth-order valence-corrected chi connectivity index (χ4v) is 5.41. The molecule has 0 atom stereocenters. The van der Waals surface area contributed by atoms with Crippen molar-refractivity contribution < 1.29 is 13.2 Å². The van der Waals surface area contributed by atoms with Gasteiger partial charge in [-0.25, -0.2) is 13.4 Å². The molecule has 0 aliphatic carbocycles. The van der Waals surface area contributed by atoms with Gasteiger partial charge in [0.1, 0.15) is 0 Å². The Labute approximate surface area is 195 Å². The highest BCUT2D eigenvalue weighted by Crippen LogP contribution is 2.32. The topological polar surface area (TPSA) is 79.4 Å². The molecule has 0 spiro atoms. The number of hydrogen-bond acceptors (Lipinski definition) is 5. The van der Waals surface area contributed by atoms with Crippen molar-refractivity contribution in [3.8, 4) is 0 Å². The van der Waals surface area contributed by atoms with Gasteiger partial charge in [-0.15, -0.1) is 11.3 Å². The monoisotopic (exact) mass is 483 g/mol. The highest BCUT2D eigenvalue weighted by molar-refractivity contribution is 7.92. The predicted molar refractivity (Wildman–Crippen MR) is 128 cm³/mol. The van der Waals surface area contributed by atoms with E-state index >= 15 is 0 Å². The summed E-state index contributed by atoms with van der Waals surface area (Å²) in [6.45, 7) is 0.0858. The number of nitrogens with zero attached hydrogens (tertiary/aromatic N) is 2. The number of anilines is 2. The number of amides is 1. The van der Waals surface area contributed by atoms with E-state index in [1.54, 1.807) is 41.9 Å². The van der Waals surface area contributed by atoms with Crippen molar-refractivity contribution in [3.05, 3.63) is 107 Å². The molecule has 0 saturated heterocycles. The van der Waals surface area contributed by atoms with Gasteiger partial charge >= 0.3 is 0 Å². The Morgan fingerprint density at radius 1 is 1.00 bits per heavy atom. The molecule has 1 heterocycles. The number of nitrogens with one attached hydrogen (secondary N) is 1. The summed E-state index contributed by atoms with van der Waals surface area (Å²) in [4.78, 5) is 16.6. The second-order valence-electron chi connectivity index (χ2n) is 6.77. The number of halogens is 1. The molecular weight excluding hydrogens is 466 g/mol. The SMILES string of the molecule is O=C(Nc1nccs1)c1cccc(S(=O)(=O)N(Cc2ccccc2)c2ccccc2Cl)c1. The number of rotatable bonds is 7. The number of carbonyl (C=O) groups is 1. The molecule has 32 heavy (non-hydrogen) atoms. The largest absolute Gasteiger partial charge is 0.298 e. The van der Waals surface area contributed by atoms with Crippen molar-refractivity contribution in [2.45, 2.75) is 11.4 Å². The van der Waals surface area contributed by atoms with E-state index < -0.39 is 15.9 Å². The van der Waals surface area contributed by atoms with Crippen molar-refractivity contribution in [1.82, 2.24) is 4.98 Å². The molecule has 9 heteroatoms. The van der Waals surface area contributed by atoms with E-state index in [1.807, 2.05) is 30.3 Å². The normalized spacial score (nSPS) is 11.2. The molecule has 0 saturated carbocycles. The average molecular weight is 484 g/mol. The van der Waals surface area contributed by atoms with Crippen LogP contribution in [-0.2, 0) is 16.6 Å². The number of carbonyl (C=O) groups excluding carboxylic acids is 1. The van der Waals surface area contributed by atoms with Crippen LogP contribution in [0.4, 0.5) is 10.8 Å². The number of aromatic nitrogens is 1. The summed E-state index contributed by atoms with van der Waals surface area (Å²) in [7, 11) is -4.04. The average Bonchev–Trinajstić information content (AvgIpc) is 3.32. The summed E-state index contributed by atoms with van der Waals surface area (Å²) in [6.07, 6.45) is 1.58. The van der Waals surface area contributed by atoms with Crippen LogP contribution < -0.4 is 9.62 Å². The van der Waals surface area contributed by atoms with Crippen LogP contribution in [-0.4, -0.2) is 19.3 Å². The lowest BCUT2D eigenvalue weighted by Crippen LogP contribution is -2.31. The second kappa shape index (κ2) is 9.52. The summed E-state index contributed by atoms with van der Waals surface area (Å²) in [6, 6.07) is 21.9. The van der Waals surface area contributed by atoms with E-state index in [4.69, 9.17) is 11.6 Å². The molecule has 1 aromatic heterocycles. The van der Waals surface area contributed by atoms with E-state index in [9.17, 15) is 13.2 Å². The van der Waals surface area contributed by atoms with Gasteiger partial charge in [0.15, 0.2) is 5.13 Å². The van der Waals surface area contributed by atoms with Gasteiger partial charge in [-0.2, -0.15) is 0 Å². The Kier molecular flexibility index (Phi) is 6.55. The lowest BCUT2D eigenvalue weighted by atomic mass is 10.2. The molecule has 1 N–H and O–H groups in total. The number of sulfonamides is 1. The summed E-state index contributed by atoms with van der Waals surface area (Å²) in [5.41, 5.74) is 1.37. The molecule has 0 aliphatic rings. The van der Waals surface area contributed by atoms with Gasteiger partial charge in [0, 0.05) is 17.1 Å². The van der Waals surface area contributed by atoms with Crippen LogP contribution >= 0.6 is 22.9 Å². The molecule has 3 aromatic carbocycles. The van der Waals surface area contributed by atoms with Crippen LogP contribution in [0.5, 0.6) is 0 Å². The minimum Gasteiger partial charge on any atom is -0.298 e. The molecule has 0 unspecified atom stereocenters. The molecule has 4 rings (SSSR count). The fourth-order valence-electron chi connectivity index (χ4n) is 3.08. The maximum absolute atomic E-state index is 13.7. The summed E-state index contributed by atoms with van der Waals surface area (Å²) >= 11 is 7.64. The standard InChI is InChI=1S/C23H18ClN3O3S2/c24-20-11-4-5-12-21(20)27(16-17-7-2-1-3-8-17)32(29,30)19-10-6-9-18(15-19)22(28)26-23-25-13-14-31-23/h1-15H,16H2,(H,25,26,28). The van der Waals surface area contributed by atoms with Gasteiger partial charge in [0.25, 0.3) is 15.9 Å². The number of thiazole rings is 1. The zero-order chi connectivity index (χ0) is 22.6. The second-order valence-corrected chi connectivity index (χ2v) is 9.93. The smallest absolute Gasteiger partial charge is 0.264 e. The van der Waals surface area contributed by atoms with Crippen molar-refractivity contribution >= 4 is 49.7 Å². The highest BCUT2D eigenvalue weighted by atomic mass is 35.5. The minimum absolute atomic E-state index is 0.0138. The summed E-state index contributed by atoms with van der Waals surface area (Å²) < 4.78 is 28.7. The maximum Gasteiger partial charge on any atom is 0.264 e. The highest BCUT2D eigenvalue weighted by Gasteiger charge is 2.27. The molecule has 0 aliphatic heterocycles. The first-order valence-electron chi connectivity index (χ1n) is 9.57. The molecule has 0 radical (unpaired) electrons. The third-order valence-corrected chi connectivity index (χ3v) is 7.39. The van der Waals surface area contributed by atoms with Crippen LogP contribution in [0.2, 0.25) is 5.02 Å². The van der Waals surface area contributed by atoms with E-state index in [0.29, 0.717) is 15.8 Å². The van der Waals surface area contributed by atoms with Crippen LogP contribution in [0, 0.1) is 0 Å². The molecule has 162 valence electrons. The van der Waals surface area contributed by atoms with Crippen molar-refractivity contribution in [2.75, 3.05) is 9.62 Å². The number of para-hydroxylation sites is 1. The first-order valence-corrected chi connectivity index (χ1v) is 12.3. The van der Waals surface area contributed by atoms with Crippen LogP contribution in [0.25, 0.3) is 0 Å². The maximum atomic E-state index is 13.7. The Morgan fingerprint density at radius 2 is 1.75 bits per heavy atom. The summed E-state index contributed by atoms with van der Waals surface area (Å²) in [5.74, 6) is -0.440.